The average molecular weight is 424 g/mol. The van der Waals surface area contributed by atoms with E-state index in [-0.39, 0.29) is 5.91 Å². The maximum atomic E-state index is 12.2. The van der Waals surface area contributed by atoms with Gasteiger partial charge in [0.1, 0.15) is 6.61 Å². The fraction of sp³-hybridized carbons (Fsp3) is 0.130. The molecular formula is C23H22ClN3O3. The zero-order chi connectivity index (χ0) is 21.3. The number of rotatable bonds is 8. The van der Waals surface area contributed by atoms with Crippen LogP contribution in [-0.2, 0) is 6.61 Å². The third-order valence-electron chi connectivity index (χ3n) is 4.19. The van der Waals surface area contributed by atoms with Crippen LogP contribution in [0.25, 0.3) is 0 Å². The van der Waals surface area contributed by atoms with Crippen molar-refractivity contribution < 1.29 is 14.3 Å². The Morgan fingerprint density at radius 1 is 1.07 bits per heavy atom. The lowest BCUT2D eigenvalue weighted by atomic mass is 10.2. The van der Waals surface area contributed by atoms with Crippen molar-refractivity contribution in [2.24, 2.45) is 5.10 Å². The van der Waals surface area contributed by atoms with Crippen LogP contribution in [0.3, 0.4) is 0 Å². The number of nitrogens with one attached hydrogen (secondary N) is 1. The number of nitrogens with zero attached hydrogens (tertiary/aromatic N) is 1. The molecule has 0 aliphatic rings. The number of hydrogen-bond acceptors (Lipinski definition) is 5. The molecule has 0 heterocycles. The van der Waals surface area contributed by atoms with Gasteiger partial charge in [0.2, 0.25) is 0 Å². The van der Waals surface area contributed by atoms with Crippen LogP contribution in [0.2, 0.25) is 5.02 Å². The van der Waals surface area contributed by atoms with E-state index in [1.165, 1.54) is 6.21 Å². The van der Waals surface area contributed by atoms with E-state index in [9.17, 15) is 4.79 Å². The molecule has 0 fully saturated rings. The van der Waals surface area contributed by atoms with Crippen LogP contribution in [-0.4, -0.2) is 18.7 Å². The zero-order valence-corrected chi connectivity index (χ0v) is 17.2. The highest BCUT2D eigenvalue weighted by Crippen LogP contribution is 2.29. The number of hydrazone groups is 1. The fourth-order valence-electron chi connectivity index (χ4n) is 2.69. The highest BCUT2D eigenvalue weighted by molar-refractivity contribution is 6.31. The van der Waals surface area contributed by atoms with Crippen molar-refractivity contribution in [3.05, 3.63) is 88.4 Å². The summed E-state index contributed by atoms with van der Waals surface area (Å²) >= 11 is 6.18. The Kier molecular flexibility index (Phi) is 7.29. The van der Waals surface area contributed by atoms with E-state index < -0.39 is 0 Å². The molecule has 0 radical (unpaired) electrons. The molecule has 0 aliphatic carbocycles. The molecule has 0 aromatic heterocycles. The lowest BCUT2D eigenvalue weighted by molar-refractivity contribution is 0.0956. The molecule has 3 aromatic rings. The van der Waals surface area contributed by atoms with Gasteiger partial charge in [-0.2, -0.15) is 5.10 Å². The number of anilines is 1. The molecule has 1 amide bonds. The first-order valence-corrected chi connectivity index (χ1v) is 9.77. The summed E-state index contributed by atoms with van der Waals surface area (Å²) in [6.07, 6.45) is 1.53. The van der Waals surface area contributed by atoms with Crippen LogP contribution < -0.4 is 20.6 Å². The van der Waals surface area contributed by atoms with Crippen molar-refractivity contribution in [3.8, 4) is 11.5 Å². The molecule has 0 saturated carbocycles. The highest BCUT2D eigenvalue weighted by atomic mass is 35.5. The number of hydrogen-bond donors (Lipinski definition) is 2. The van der Waals surface area contributed by atoms with E-state index in [4.69, 9.17) is 26.8 Å². The first kappa shape index (κ1) is 21.2. The quantitative estimate of drug-likeness (QED) is 0.313. The second-order valence-corrected chi connectivity index (χ2v) is 6.71. The van der Waals surface area contributed by atoms with Gasteiger partial charge < -0.3 is 15.2 Å². The molecule has 3 N–H and O–H groups in total. The number of carbonyl (C=O) groups is 1. The van der Waals surface area contributed by atoms with E-state index in [2.05, 4.69) is 10.5 Å². The molecule has 0 unspecified atom stereocenters. The van der Waals surface area contributed by atoms with Gasteiger partial charge in [0.15, 0.2) is 11.5 Å². The number of carbonyl (C=O) groups excluding carboxylic acids is 1. The Labute approximate surface area is 180 Å². The van der Waals surface area contributed by atoms with E-state index in [0.29, 0.717) is 41.0 Å². The van der Waals surface area contributed by atoms with Crippen molar-refractivity contribution >= 4 is 29.4 Å². The maximum Gasteiger partial charge on any atom is 0.273 e. The van der Waals surface area contributed by atoms with Gasteiger partial charge in [-0.1, -0.05) is 41.9 Å². The van der Waals surface area contributed by atoms with Crippen molar-refractivity contribution in [3.63, 3.8) is 0 Å². The van der Waals surface area contributed by atoms with E-state index in [0.717, 1.165) is 11.1 Å². The molecule has 3 aromatic carbocycles. The number of amides is 1. The van der Waals surface area contributed by atoms with Crippen molar-refractivity contribution in [1.82, 2.24) is 5.43 Å². The number of nitrogens with two attached hydrogens (primary N) is 1. The van der Waals surface area contributed by atoms with Gasteiger partial charge in [-0.05, 0) is 48.9 Å². The molecule has 30 heavy (non-hydrogen) atoms. The highest BCUT2D eigenvalue weighted by Gasteiger charge is 2.09. The van der Waals surface area contributed by atoms with Gasteiger partial charge in [-0.15, -0.1) is 0 Å². The molecule has 0 saturated heterocycles. The van der Waals surface area contributed by atoms with Crippen molar-refractivity contribution in [2.75, 3.05) is 12.3 Å². The topological polar surface area (TPSA) is 85.9 Å². The Morgan fingerprint density at radius 3 is 2.60 bits per heavy atom. The largest absolute Gasteiger partial charge is 0.490 e. The Bertz CT molecular complexity index is 1050. The molecule has 0 spiro atoms. The summed E-state index contributed by atoms with van der Waals surface area (Å²) in [5, 5.41) is 4.65. The van der Waals surface area contributed by atoms with Gasteiger partial charge >= 0.3 is 0 Å². The van der Waals surface area contributed by atoms with Gasteiger partial charge in [0.05, 0.1) is 18.4 Å². The summed E-state index contributed by atoms with van der Waals surface area (Å²) in [4.78, 5) is 12.2. The minimum Gasteiger partial charge on any atom is -0.490 e. The second kappa shape index (κ2) is 10.3. The predicted molar refractivity (Wildman–Crippen MR) is 119 cm³/mol. The molecule has 0 bridgehead atoms. The minimum absolute atomic E-state index is 0.321. The first-order valence-electron chi connectivity index (χ1n) is 9.39. The summed E-state index contributed by atoms with van der Waals surface area (Å²) in [5.41, 5.74) is 10.7. The molecule has 0 atom stereocenters. The van der Waals surface area contributed by atoms with Crippen molar-refractivity contribution in [2.45, 2.75) is 13.5 Å². The molecule has 7 heteroatoms. The number of benzene rings is 3. The van der Waals surface area contributed by atoms with Crippen LogP contribution in [0, 0.1) is 0 Å². The third kappa shape index (κ3) is 5.52. The second-order valence-electron chi connectivity index (χ2n) is 6.31. The number of halogens is 1. The van der Waals surface area contributed by atoms with Crippen LogP contribution >= 0.6 is 11.6 Å². The summed E-state index contributed by atoms with van der Waals surface area (Å²) in [6, 6.07) is 19.7. The molecular weight excluding hydrogens is 402 g/mol. The smallest absolute Gasteiger partial charge is 0.273 e. The van der Waals surface area contributed by atoms with Crippen LogP contribution in [0.4, 0.5) is 5.69 Å². The van der Waals surface area contributed by atoms with Gasteiger partial charge in [0.25, 0.3) is 5.91 Å². The number of para-hydroxylation sites is 1. The van der Waals surface area contributed by atoms with E-state index >= 15 is 0 Å². The Balaban J connectivity index is 1.68. The van der Waals surface area contributed by atoms with Crippen LogP contribution in [0.1, 0.15) is 28.4 Å². The van der Waals surface area contributed by atoms with E-state index in [1.807, 2.05) is 37.3 Å². The standard InChI is InChI=1S/C23H22ClN3O3/c1-2-29-22-13-16(14-26-27-23(28)18-8-4-6-10-20(18)25)11-12-21(22)30-15-17-7-3-5-9-19(17)24/h3-14H,2,15,25H2,1H3,(H,27,28). The SMILES string of the molecule is CCOc1cc(C=NNC(=O)c2ccccc2N)ccc1OCc1ccccc1Cl. The summed E-state index contributed by atoms with van der Waals surface area (Å²) in [5.74, 6) is 0.788. The average Bonchev–Trinajstić information content (AvgIpc) is 2.74. The monoisotopic (exact) mass is 423 g/mol. The van der Waals surface area contributed by atoms with Crippen molar-refractivity contribution in [1.29, 1.82) is 0 Å². The minimum atomic E-state index is -0.380. The number of ether oxygens (including phenoxy) is 2. The fourth-order valence-corrected chi connectivity index (χ4v) is 2.88. The van der Waals surface area contributed by atoms with Gasteiger partial charge in [0, 0.05) is 16.3 Å². The Morgan fingerprint density at radius 2 is 1.83 bits per heavy atom. The molecule has 6 nitrogen and oxygen atoms in total. The van der Waals surface area contributed by atoms with E-state index in [1.54, 1.807) is 36.4 Å². The molecule has 154 valence electrons. The van der Waals surface area contributed by atoms with Crippen LogP contribution in [0.5, 0.6) is 11.5 Å². The summed E-state index contributed by atoms with van der Waals surface area (Å²) in [6.45, 7) is 2.69. The molecule has 0 aliphatic heterocycles. The Hall–Kier alpha value is -3.51. The van der Waals surface area contributed by atoms with Crippen LogP contribution in [0.15, 0.2) is 71.8 Å². The predicted octanol–water partition coefficient (Wildman–Crippen LogP) is 4.66. The first-order chi connectivity index (χ1) is 14.6. The maximum absolute atomic E-state index is 12.2. The summed E-state index contributed by atoms with van der Waals surface area (Å²) in [7, 11) is 0. The third-order valence-corrected chi connectivity index (χ3v) is 4.56. The zero-order valence-electron chi connectivity index (χ0n) is 16.5. The lowest BCUT2D eigenvalue weighted by Crippen LogP contribution is -2.19. The van der Waals surface area contributed by atoms with Gasteiger partial charge in [-0.25, -0.2) is 5.43 Å². The molecule has 3 rings (SSSR count). The lowest BCUT2D eigenvalue weighted by Gasteiger charge is -2.13. The number of nitrogen functional groups attached to an aromatic ring is 1. The normalized spacial score (nSPS) is 10.7. The summed E-state index contributed by atoms with van der Waals surface area (Å²) < 4.78 is 11.6. The van der Waals surface area contributed by atoms with Gasteiger partial charge in [-0.3, -0.25) is 4.79 Å².